The number of allylic oxidation sites excluding steroid dienone is 11. The molecule has 0 bridgehead atoms. The van der Waals surface area contributed by atoms with Crippen LogP contribution in [-0.4, -0.2) is 43.0 Å². The maximum atomic E-state index is 11.8. The molecule has 0 spiro atoms. The number of carboxylic acids is 2. The number of hydrogen-bond acceptors (Lipinski definition) is 6. The monoisotopic (exact) mass is 479 g/mol. The van der Waals surface area contributed by atoms with E-state index in [1.165, 1.54) is 6.08 Å². The Morgan fingerprint density at radius 3 is 1.79 bits per heavy atom. The zero-order valence-corrected chi connectivity index (χ0v) is 20.0. The Morgan fingerprint density at radius 1 is 0.848 bits per heavy atom. The Bertz CT molecular complexity index is 761. The lowest BCUT2D eigenvalue weighted by molar-refractivity contribution is -0.182. The van der Waals surface area contributed by atoms with Crippen molar-refractivity contribution in [1.29, 1.82) is 0 Å². The van der Waals surface area contributed by atoms with Crippen molar-refractivity contribution in [3.8, 4) is 0 Å². The van der Waals surface area contributed by atoms with Crippen molar-refractivity contribution in [2.45, 2.75) is 62.5 Å². The third kappa shape index (κ3) is 13.0. The Labute approximate surface area is 201 Å². The van der Waals surface area contributed by atoms with E-state index in [2.05, 4.69) is 12.6 Å². The first-order chi connectivity index (χ1) is 15.6. The number of thiol groups is 1. The van der Waals surface area contributed by atoms with Gasteiger partial charge in [0, 0.05) is 6.08 Å². The van der Waals surface area contributed by atoms with Gasteiger partial charge in [-0.25, -0.2) is 9.59 Å². The Kier molecular flexibility index (Phi) is 15.9. The second-order valence-electron chi connectivity index (χ2n) is 7.60. The quantitative estimate of drug-likeness (QED) is 0.0606. The summed E-state index contributed by atoms with van der Waals surface area (Å²) in [6.45, 7) is 2.03. The molecule has 2 unspecified atom stereocenters. The van der Waals surface area contributed by atoms with Crippen molar-refractivity contribution in [3.05, 3.63) is 72.9 Å². The lowest BCUT2D eigenvalue weighted by Gasteiger charge is -2.40. The molecule has 7 nitrogen and oxygen atoms in total. The zero-order valence-electron chi connectivity index (χ0n) is 19.1. The Morgan fingerprint density at radius 2 is 1.33 bits per heavy atom. The van der Waals surface area contributed by atoms with Crippen LogP contribution in [0.5, 0.6) is 0 Å². The average Bonchev–Trinajstić information content (AvgIpc) is 2.73. The average molecular weight is 480 g/mol. The molecular formula is C25H37NO6S. The van der Waals surface area contributed by atoms with E-state index in [9.17, 15) is 24.9 Å². The first-order valence-electron chi connectivity index (χ1n) is 11.0. The van der Waals surface area contributed by atoms with Gasteiger partial charge in [0.25, 0.3) is 0 Å². The smallest absolute Gasteiger partial charge is 0.330 e. The molecule has 0 aromatic rings. The highest BCUT2D eigenvalue weighted by Crippen LogP contribution is 2.36. The van der Waals surface area contributed by atoms with Gasteiger partial charge in [0.15, 0.2) is 5.54 Å². The lowest BCUT2D eigenvalue weighted by Crippen LogP contribution is -2.67. The largest absolute Gasteiger partial charge is 0.480 e. The molecule has 2 atom stereocenters. The minimum atomic E-state index is -2.82. The number of aliphatic hydroxyl groups is 2. The van der Waals surface area contributed by atoms with Gasteiger partial charge in [-0.15, -0.1) is 12.6 Å². The van der Waals surface area contributed by atoms with Crippen LogP contribution in [0.3, 0.4) is 0 Å². The number of rotatable bonds is 17. The molecule has 0 heterocycles. The molecule has 0 radical (unpaired) electrons. The van der Waals surface area contributed by atoms with Gasteiger partial charge in [-0.3, -0.25) is 0 Å². The number of hydrogen-bond donors (Lipinski definition) is 6. The summed E-state index contributed by atoms with van der Waals surface area (Å²) < 4.78 is 0. The number of aliphatic carboxylic acids is 2. The highest BCUT2D eigenvalue weighted by atomic mass is 32.1. The van der Waals surface area contributed by atoms with Crippen LogP contribution < -0.4 is 5.73 Å². The third-order valence-electron chi connectivity index (χ3n) is 5.01. The van der Waals surface area contributed by atoms with E-state index >= 15 is 0 Å². The molecule has 0 aliphatic carbocycles. The summed E-state index contributed by atoms with van der Waals surface area (Å²) in [5.41, 5.74) is 3.70. The predicted octanol–water partition coefficient (Wildman–Crippen LogP) is 4.13. The van der Waals surface area contributed by atoms with Gasteiger partial charge in [0.05, 0.1) is 0 Å². The number of carboxylic acid groups (broad SMARTS) is 2. The van der Waals surface area contributed by atoms with Crippen LogP contribution in [0.2, 0.25) is 0 Å². The molecule has 0 aromatic carbocycles. The fraction of sp³-hybridized carbons (Fsp3) is 0.440. The van der Waals surface area contributed by atoms with Crippen LogP contribution >= 0.6 is 12.6 Å². The topological polar surface area (TPSA) is 141 Å². The summed E-state index contributed by atoms with van der Waals surface area (Å²) in [5, 5.41) is 35.0. The molecule has 184 valence electrons. The Balaban J connectivity index is 4.62. The molecule has 0 aliphatic heterocycles. The van der Waals surface area contributed by atoms with Crippen LogP contribution in [0.25, 0.3) is 0 Å². The normalized spacial score (nSPS) is 16.2. The molecule has 0 aliphatic rings. The summed E-state index contributed by atoms with van der Waals surface area (Å²) in [6, 6.07) is 0. The summed E-state index contributed by atoms with van der Waals surface area (Å²) in [7, 11) is 0. The summed E-state index contributed by atoms with van der Waals surface area (Å²) >= 11 is 3.66. The zero-order chi connectivity index (χ0) is 25.2. The second-order valence-corrected chi connectivity index (χ2v) is 8.22. The van der Waals surface area contributed by atoms with E-state index in [1.807, 2.05) is 49.5 Å². The van der Waals surface area contributed by atoms with Crippen molar-refractivity contribution in [3.63, 3.8) is 0 Å². The molecule has 0 amide bonds. The molecule has 33 heavy (non-hydrogen) atoms. The molecule has 0 rings (SSSR count). The number of carbonyl (C=O) groups is 2. The van der Waals surface area contributed by atoms with Gasteiger partial charge >= 0.3 is 11.9 Å². The fourth-order valence-corrected chi connectivity index (χ4v) is 3.42. The van der Waals surface area contributed by atoms with Gasteiger partial charge in [-0.05, 0) is 31.6 Å². The van der Waals surface area contributed by atoms with Gasteiger partial charge in [0.2, 0.25) is 5.12 Å². The maximum absolute atomic E-state index is 11.8. The first kappa shape index (κ1) is 30.6. The van der Waals surface area contributed by atoms with Gasteiger partial charge in [0.1, 0.15) is 0 Å². The van der Waals surface area contributed by atoms with Crippen molar-refractivity contribution in [2.24, 2.45) is 11.7 Å². The summed E-state index contributed by atoms with van der Waals surface area (Å²) in [5.74, 6) is -3.09. The van der Waals surface area contributed by atoms with E-state index in [4.69, 9.17) is 10.8 Å². The second kappa shape index (κ2) is 17.1. The van der Waals surface area contributed by atoms with Gasteiger partial charge < -0.3 is 26.2 Å². The number of unbranched alkanes of at least 4 members (excludes halogenated alkanes) is 3. The highest BCUT2D eigenvalue weighted by Gasteiger charge is 2.55. The van der Waals surface area contributed by atoms with Crippen LogP contribution in [0.4, 0.5) is 0 Å². The minimum absolute atomic E-state index is 0.434. The van der Waals surface area contributed by atoms with Gasteiger partial charge in [-0.1, -0.05) is 93.0 Å². The minimum Gasteiger partial charge on any atom is -0.480 e. The molecule has 6 N–H and O–H groups in total. The van der Waals surface area contributed by atoms with Crippen LogP contribution in [0, 0.1) is 5.92 Å². The fourth-order valence-electron chi connectivity index (χ4n) is 3.14. The lowest BCUT2D eigenvalue weighted by atomic mass is 9.77. The number of nitrogens with two attached hydrogens (primary N) is 1. The summed E-state index contributed by atoms with van der Waals surface area (Å²) in [4.78, 5) is 22.0. The van der Waals surface area contributed by atoms with Gasteiger partial charge in [-0.2, -0.15) is 0 Å². The van der Waals surface area contributed by atoms with E-state index in [1.54, 1.807) is 18.2 Å². The van der Waals surface area contributed by atoms with E-state index in [0.29, 0.717) is 25.7 Å². The van der Waals surface area contributed by atoms with Crippen molar-refractivity contribution < 1.29 is 30.0 Å². The molecule has 0 saturated carbocycles. The van der Waals surface area contributed by atoms with Crippen LogP contribution in [0.1, 0.15) is 51.9 Å². The van der Waals surface area contributed by atoms with Crippen molar-refractivity contribution in [1.82, 2.24) is 0 Å². The maximum Gasteiger partial charge on any atom is 0.330 e. The predicted molar refractivity (Wildman–Crippen MR) is 135 cm³/mol. The third-order valence-corrected chi connectivity index (χ3v) is 5.38. The van der Waals surface area contributed by atoms with Crippen molar-refractivity contribution >= 4 is 24.6 Å². The standard InChI is InChI=1S/C25H37NO6S/c1-2-3-15-18-21(24(26,23(29)30)25(31,32)33)19-16-13-11-9-7-5-4-6-8-10-12-14-17-20-22(27)28/h4-12,14,17,20-21,31-33H,2-3,13,15-16,18-19,26H2,1H3,(H,27,28)(H,29,30)/b6-4+,7-5+,10-8+,11-9+,14-12+,20-17+. The molecule has 0 fully saturated rings. The molecule has 0 aromatic heterocycles. The van der Waals surface area contributed by atoms with E-state index in [-0.39, 0.29) is 0 Å². The highest BCUT2D eigenvalue weighted by molar-refractivity contribution is 7.81. The first-order valence-corrected chi connectivity index (χ1v) is 11.4. The molecular weight excluding hydrogens is 442 g/mol. The Hall–Kier alpha value is -2.39. The summed E-state index contributed by atoms with van der Waals surface area (Å²) in [6.07, 6.45) is 25.5. The van der Waals surface area contributed by atoms with Crippen LogP contribution in [0.15, 0.2) is 72.9 Å². The molecule has 0 saturated heterocycles. The van der Waals surface area contributed by atoms with Crippen molar-refractivity contribution in [2.75, 3.05) is 0 Å². The van der Waals surface area contributed by atoms with Crippen LogP contribution in [-0.2, 0) is 9.59 Å². The van der Waals surface area contributed by atoms with E-state index < -0.39 is 28.5 Å². The van der Waals surface area contributed by atoms with E-state index in [0.717, 1.165) is 25.3 Å². The molecule has 8 heteroatoms. The SMILES string of the molecule is CCCCCC(CCC/C=C/C=C/C=C/C=C/C=C/C=C/C(=O)O)C(N)(C(=O)O)C(O)(O)S.